The zero-order chi connectivity index (χ0) is 12.8. The summed E-state index contributed by atoms with van der Waals surface area (Å²) >= 11 is 1.53. The van der Waals surface area contributed by atoms with E-state index in [1.54, 1.807) is 7.05 Å². The van der Waals surface area contributed by atoms with Gasteiger partial charge in [-0.15, -0.1) is 10.2 Å². The first-order valence-electron chi connectivity index (χ1n) is 5.47. The Balaban J connectivity index is 2.43. The van der Waals surface area contributed by atoms with E-state index in [1.165, 1.54) is 11.3 Å². The molecule has 0 bridgehead atoms. The molecule has 96 valence electrons. The monoisotopic (exact) mass is 257 g/mol. The van der Waals surface area contributed by atoms with Gasteiger partial charge in [0.15, 0.2) is 0 Å². The molecule has 1 rings (SSSR count). The molecular formula is C10H19N5OS. The van der Waals surface area contributed by atoms with Crippen LogP contribution in [0.25, 0.3) is 0 Å². The first-order chi connectivity index (χ1) is 8.06. The lowest BCUT2D eigenvalue weighted by Gasteiger charge is -2.18. The molecule has 1 aromatic rings. The molecule has 0 aliphatic heterocycles. The van der Waals surface area contributed by atoms with E-state index < -0.39 is 0 Å². The number of carbonyl (C=O) groups is 1. The molecule has 0 saturated heterocycles. The second kappa shape index (κ2) is 6.51. The number of hydrogen-bond donors (Lipinski definition) is 2. The summed E-state index contributed by atoms with van der Waals surface area (Å²) in [4.78, 5) is 13.4. The van der Waals surface area contributed by atoms with E-state index in [2.05, 4.69) is 25.7 Å². The molecule has 0 spiro atoms. The summed E-state index contributed by atoms with van der Waals surface area (Å²) < 4.78 is 0. The van der Waals surface area contributed by atoms with Gasteiger partial charge in [-0.25, -0.2) is 0 Å². The molecule has 6 nitrogen and oxygen atoms in total. The number of anilines is 1. The molecule has 0 radical (unpaired) electrons. The number of nitrogens with zero attached hydrogens (tertiary/aromatic N) is 3. The SMILES string of the molecule is CNC(=O)C(C)CN(C)Cc1nnc(NC)s1. The highest BCUT2D eigenvalue weighted by Crippen LogP contribution is 2.15. The molecule has 0 aliphatic carbocycles. The highest BCUT2D eigenvalue weighted by Gasteiger charge is 2.14. The summed E-state index contributed by atoms with van der Waals surface area (Å²) in [6.07, 6.45) is 0. The third-order valence-electron chi connectivity index (χ3n) is 2.37. The number of rotatable bonds is 6. The minimum atomic E-state index is -0.0262. The fraction of sp³-hybridized carbons (Fsp3) is 0.700. The highest BCUT2D eigenvalue weighted by atomic mass is 32.1. The molecule has 2 N–H and O–H groups in total. The van der Waals surface area contributed by atoms with E-state index in [0.29, 0.717) is 13.1 Å². The Morgan fingerprint density at radius 3 is 2.71 bits per heavy atom. The molecular weight excluding hydrogens is 238 g/mol. The molecule has 0 aliphatic rings. The third kappa shape index (κ3) is 4.27. The summed E-state index contributed by atoms with van der Waals surface area (Å²) in [5.74, 6) is 0.0340. The normalized spacial score (nSPS) is 12.5. The molecule has 0 aromatic carbocycles. The van der Waals surface area contributed by atoms with Crippen LogP contribution in [0.2, 0.25) is 0 Å². The standard InChI is InChI=1S/C10H19N5OS/c1-7(9(16)11-2)5-15(4)6-8-13-14-10(12-3)17-8/h7H,5-6H2,1-4H3,(H,11,16)(H,12,14). The molecule has 7 heteroatoms. The van der Waals surface area contributed by atoms with E-state index in [0.717, 1.165) is 10.1 Å². The van der Waals surface area contributed by atoms with Gasteiger partial charge in [0.1, 0.15) is 5.01 Å². The maximum atomic E-state index is 11.4. The summed E-state index contributed by atoms with van der Waals surface area (Å²) in [5.41, 5.74) is 0. The number of carbonyl (C=O) groups excluding carboxylic acids is 1. The van der Waals surface area contributed by atoms with Crippen molar-refractivity contribution in [3.8, 4) is 0 Å². The average molecular weight is 257 g/mol. The van der Waals surface area contributed by atoms with E-state index in [4.69, 9.17) is 0 Å². The maximum absolute atomic E-state index is 11.4. The van der Waals surface area contributed by atoms with Crippen molar-refractivity contribution in [3.05, 3.63) is 5.01 Å². The van der Waals surface area contributed by atoms with Gasteiger partial charge < -0.3 is 10.6 Å². The van der Waals surface area contributed by atoms with Gasteiger partial charge >= 0.3 is 0 Å². The first kappa shape index (κ1) is 13.9. The van der Waals surface area contributed by atoms with Crippen LogP contribution < -0.4 is 10.6 Å². The smallest absolute Gasteiger partial charge is 0.223 e. The van der Waals surface area contributed by atoms with Gasteiger partial charge in [-0.2, -0.15) is 0 Å². The van der Waals surface area contributed by atoms with Crippen LogP contribution in [0, 0.1) is 5.92 Å². The minimum absolute atomic E-state index is 0.0262. The third-order valence-corrected chi connectivity index (χ3v) is 3.29. The molecule has 1 unspecified atom stereocenters. The van der Waals surface area contributed by atoms with Crippen LogP contribution in [0.15, 0.2) is 0 Å². The minimum Gasteiger partial charge on any atom is -0.363 e. The Morgan fingerprint density at radius 1 is 1.47 bits per heavy atom. The zero-order valence-corrected chi connectivity index (χ0v) is 11.5. The fourth-order valence-corrected chi connectivity index (χ4v) is 2.28. The number of aromatic nitrogens is 2. The van der Waals surface area contributed by atoms with Gasteiger partial charge in [0.25, 0.3) is 0 Å². The lowest BCUT2D eigenvalue weighted by atomic mass is 10.1. The Bertz CT molecular complexity index is 367. The summed E-state index contributed by atoms with van der Waals surface area (Å²) in [6.45, 7) is 3.32. The van der Waals surface area contributed by atoms with Crippen LogP contribution in [0.3, 0.4) is 0 Å². The van der Waals surface area contributed by atoms with Gasteiger partial charge in [0.05, 0.1) is 6.54 Å². The molecule has 0 fully saturated rings. The van der Waals surface area contributed by atoms with Crippen LogP contribution in [0.5, 0.6) is 0 Å². The van der Waals surface area contributed by atoms with Crippen LogP contribution in [-0.2, 0) is 11.3 Å². The second-order valence-electron chi connectivity index (χ2n) is 3.96. The Hall–Kier alpha value is -1.21. The van der Waals surface area contributed by atoms with Crippen LogP contribution in [-0.4, -0.2) is 48.7 Å². The van der Waals surface area contributed by atoms with E-state index in [9.17, 15) is 4.79 Å². The lowest BCUT2D eigenvalue weighted by molar-refractivity contribution is -0.124. The zero-order valence-electron chi connectivity index (χ0n) is 10.6. The Morgan fingerprint density at radius 2 is 2.18 bits per heavy atom. The predicted molar refractivity (Wildman–Crippen MR) is 69.0 cm³/mol. The molecule has 1 atom stereocenters. The summed E-state index contributed by atoms with van der Waals surface area (Å²) in [7, 11) is 5.45. The number of hydrogen-bond acceptors (Lipinski definition) is 6. The van der Waals surface area contributed by atoms with Crippen molar-refractivity contribution in [3.63, 3.8) is 0 Å². The van der Waals surface area contributed by atoms with Crippen LogP contribution in [0.4, 0.5) is 5.13 Å². The average Bonchev–Trinajstić information content (AvgIpc) is 2.75. The largest absolute Gasteiger partial charge is 0.363 e. The Labute approximate surface area is 105 Å². The molecule has 17 heavy (non-hydrogen) atoms. The Kier molecular flexibility index (Phi) is 5.30. The van der Waals surface area contributed by atoms with Crippen molar-refractivity contribution in [2.75, 3.05) is 33.0 Å². The highest BCUT2D eigenvalue weighted by molar-refractivity contribution is 7.15. The van der Waals surface area contributed by atoms with Gasteiger partial charge in [-0.05, 0) is 7.05 Å². The lowest BCUT2D eigenvalue weighted by Crippen LogP contribution is -2.34. The first-order valence-corrected chi connectivity index (χ1v) is 6.28. The van der Waals surface area contributed by atoms with Gasteiger partial charge in [-0.1, -0.05) is 18.3 Å². The quantitative estimate of drug-likeness (QED) is 0.771. The van der Waals surface area contributed by atoms with Gasteiger partial charge in [0.2, 0.25) is 11.0 Å². The predicted octanol–water partition coefficient (Wildman–Crippen LogP) is 0.394. The van der Waals surface area contributed by atoms with Crippen molar-refractivity contribution in [1.82, 2.24) is 20.4 Å². The van der Waals surface area contributed by atoms with Crippen molar-refractivity contribution in [2.45, 2.75) is 13.5 Å². The van der Waals surface area contributed by atoms with Gasteiger partial charge in [0, 0.05) is 26.6 Å². The van der Waals surface area contributed by atoms with E-state index >= 15 is 0 Å². The fourth-order valence-electron chi connectivity index (χ4n) is 1.51. The molecule has 0 saturated carbocycles. The van der Waals surface area contributed by atoms with Crippen molar-refractivity contribution >= 4 is 22.4 Å². The molecule has 1 amide bonds. The molecule has 1 aromatic heterocycles. The summed E-state index contributed by atoms with van der Waals surface area (Å²) in [6, 6.07) is 0. The van der Waals surface area contributed by atoms with E-state index in [1.807, 2.05) is 21.0 Å². The topological polar surface area (TPSA) is 70.2 Å². The van der Waals surface area contributed by atoms with Crippen molar-refractivity contribution in [2.24, 2.45) is 5.92 Å². The van der Waals surface area contributed by atoms with Gasteiger partial charge in [-0.3, -0.25) is 9.69 Å². The summed E-state index contributed by atoms with van der Waals surface area (Å²) in [5, 5.41) is 15.4. The number of amides is 1. The van der Waals surface area contributed by atoms with E-state index in [-0.39, 0.29) is 11.8 Å². The number of nitrogens with one attached hydrogen (secondary N) is 2. The second-order valence-corrected chi connectivity index (χ2v) is 5.03. The van der Waals surface area contributed by atoms with Crippen LogP contribution in [0.1, 0.15) is 11.9 Å². The van der Waals surface area contributed by atoms with Crippen molar-refractivity contribution < 1.29 is 4.79 Å². The van der Waals surface area contributed by atoms with Crippen molar-refractivity contribution in [1.29, 1.82) is 0 Å². The van der Waals surface area contributed by atoms with Crippen LogP contribution >= 0.6 is 11.3 Å². The maximum Gasteiger partial charge on any atom is 0.223 e. The molecule has 1 heterocycles.